The molecule has 1 atom stereocenters. The van der Waals surface area contributed by atoms with Crippen LogP contribution in [0.15, 0.2) is 12.1 Å². The molecule has 3 N–H and O–H groups in total. The van der Waals surface area contributed by atoms with Crippen LogP contribution < -0.4 is 20.5 Å². The summed E-state index contributed by atoms with van der Waals surface area (Å²) >= 11 is 6.11. The summed E-state index contributed by atoms with van der Waals surface area (Å²) in [7, 11) is 0. The van der Waals surface area contributed by atoms with Gasteiger partial charge in [-0.3, -0.25) is 4.79 Å². The van der Waals surface area contributed by atoms with Crippen LogP contribution in [-0.2, 0) is 11.2 Å². The van der Waals surface area contributed by atoms with E-state index in [1.54, 1.807) is 12.1 Å². The predicted molar refractivity (Wildman–Crippen MR) is 72.8 cm³/mol. The number of fused-ring (bicyclic) bond motifs is 1. The Balaban J connectivity index is 2.09. The molecule has 1 aromatic rings. The smallest absolute Gasteiger partial charge is 0.224 e. The summed E-state index contributed by atoms with van der Waals surface area (Å²) < 4.78 is 10.9. The van der Waals surface area contributed by atoms with Crippen molar-refractivity contribution >= 4 is 17.5 Å². The van der Waals surface area contributed by atoms with Crippen molar-refractivity contribution in [1.82, 2.24) is 5.32 Å². The van der Waals surface area contributed by atoms with E-state index in [4.69, 9.17) is 26.8 Å². The lowest BCUT2D eigenvalue weighted by Crippen LogP contribution is -2.38. The number of hydrogen-bond acceptors (Lipinski definition) is 4. The topological polar surface area (TPSA) is 73.6 Å². The first-order chi connectivity index (χ1) is 9.10. The molecule has 0 aliphatic carbocycles. The third-order valence-corrected chi connectivity index (χ3v) is 3.06. The second kappa shape index (κ2) is 6.12. The molecule has 104 valence electrons. The lowest BCUT2D eigenvalue weighted by Gasteiger charge is -2.20. The van der Waals surface area contributed by atoms with Crippen LogP contribution in [0.25, 0.3) is 0 Å². The Bertz CT molecular complexity index is 479. The fourth-order valence-electron chi connectivity index (χ4n) is 1.84. The van der Waals surface area contributed by atoms with Crippen molar-refractivity contribution in [2.45, 2.75) is 19.4 Å². The van der Waals surface area contributed by atoms with Crippen molar-refractivity contribution in [3.05, 3.63) is 22.7 Å². The number of hydrogen-bond donors (Lipinski definition) is 2. The van der Waals surface area contributed by atoms with Gasteiger partial charge in [0.2, 0.25) is 5.91 Å². The minimum Gasteiger partial charge on any atom is -0.486 e. The van der Waals surface area contributed by atoms with Gasteiger partial charge in [0.25, 0.3) is 0 Å². The second-order valence-corrected chi connectivity index (χ2v) is 4.89. The standard InChI is InChI=1S/C13H17ClN2O3/c1-8(7-15)16-12(17)6-9-4-10(14)13-11(5-9)18-2-3-19-13/h4-5,8H,2-3,6-7,15H2,1H3,(H,16,17)/t8-/m0/s1. The van der Waals surface area contributed by atoms with Crippen molar-refractivity contribution in [2.24, 2.45) is 5.73 Å². The van der Waals surface area contributed by atoms with Gasteiger partial charge >= 0.3 is 0 Å². The Morgan fingerprint density at radius 1 is 1.47 bits per heavy atom. The minimum absolute atomic E-state index is 0.0415. The van der Waals surface area contributed by atoms with Crippen LogP contribution in [0.4, 0.5) is 0 Å². The lowest BCUT2D eigenvalue weighted by atomic mass is 10.1. The molecule has 1 aliphatic rings. The summed E-state index contributed by atoms with van der Waals surface area (Å²) in [5.74, 6) is 1.05. The normalized spacial score (nSPS) is 14.9. The van der Waals surface area contributed by atoms with Crippen molar-refractivity contribution in [1.29, 1.82) is 0 Å². The van der Waals surface area contributed by atoms with Crippen LogP contribution in [0.1, 0.15) is 12.5 Å². The highest BCUT2D eigenvalue weighted by atomic mass is 35.5. The Labute approximate surface area is 117 Å². The van der Waals surface area contributed by atoms with Gasteiger partial charge in [0.05, 0.1) is 11.4 Å². The monoisotopic (exact) mass is 284 g/mol. The molecule has 1 aromatic carbocycles. The van der Waals surface area contributed by atoms with E-state index in [1.165, 1.54) is 0 Å². The van der Waals surface area contributed by atoms with Gasteiger partial charge in [-0.2, -0.15) is 0 Å². The van der Waals surface area contributed by atoms with E-state index >= 15 is 0 Å². The predicted octanol–water partition coefficient (Wildman–Crippen LogP) is 1.12. The van der Waals surface area contributed by atoms with Crippen LogP contribution in [0.5, 0.6) is 11.5 Å². The van der Waals surface area contributed by atoms with Gasteiger partial charge in [-0.25, -0.2) is 0 Å². The maximum Gasteiger partial charge on any atom is 0.224 e. The summed E-state index contributed by atoms with van der Waals surface area (Å²) in [5.41, 5.74) is 6.24. The molecule has 0 saturated heterocycles. The van der Waals surface area contributed by atoms with E-state index in [9.17, 15) is 4.79 Å². The quantitative estimate of drug-likeness (QED) is 0.869. The number of nitrogens with two attached hydrogens (primary N) is 1. The number of amides is 1. The van der Waals surface area contributed by atoms with Gasteiger partial charge in [0.15, 0.2) is 11.5 Å². The summed E-state index contributed by atoms with van der Waals surface area (Å²) in [6.45, 7) is 3.24. The first-order valence-corrected chi connectivity index (χ1v) is 6.55. The number of nitrogens with one attached hydrogen (secondary N) is 1. The molecule has 6 heteroatoms. The molecule has 1 heterocycles. The summed E-state index contributed by atoms with van der Waals surface area (Å²) in [6, 6.07) is 3.47. The Kier molecular flexibility index (Phi) is 4.50. The second-order valence-electron chi connectivity index (χ2n) is 4.48. The van der Waals surface area contributed by atoms with Gasteiger partial charge in [-0.15, -0.1) is 0 Å². The number of benzene rings is 1. The van der Waals surface area contributed by atoms with Crippen LogP contribution in [0.3, 0.4) is 0 Å². The largest absolute Gasteiger partial charge is 0.486 e. The van der Waals surface area contributed by atoms with E-state index in [2.05, 4.69) is 5.32 Å². The van der Waals surface area contributed by atoms with Gasteiger partial charge in [-0.05, 0) is 24.6 Å². The Morgan fingerprint density at radius 2 is 2.21 bits per heavy atom. The van der Waals surface area contributed by atoms with Crippen LogP contribution in [0.2, 0.25) is 5.02 Å². The molecule has 0 saturated carbocycles. The summed E-state index contributed by atoms with van der Waals surface area (Å²) in [5, 5.41) is 3.26. The molecule has 0 spiro atoms. The highest BCUT2D eigenvalue weighted by Crippen LogP contribution is 2.38. The fourth-order valence-corrected chi connectivity index (χ4v) is 2.12. The third kappa shape index (κ3) is 3.52. The zero-order chi connectivity index (χ0) is 13.8. The Morgan fingerprint density at radius 3 is 2.95 bits per heavy atom. The zero-order valence-electron chi connectivity index (χ0n) is 10.7. The summed E-state index contributed by atoms with van der Waals surface area (Å²) in [6.07, 6.45) is 0.237. The van der Waals surface area contributed by atoms with Crippen molar-refractivity contribution in [3.8, 4) is 11.5 Å². The van der Waals surface area contributed by atoms with E-state index < -0.39 is 0 Å². The van der Waals surface area contributed by atoms with E-state index in [0.29, 0.717) is 36.3 Å². The number of carbonyl (C=O) groups excluding carboxylic acids is 1. The molecule has 1 aliphatic heterocycles. The van der Waals surface area contributed by atoms with Crippen molar-refractivity contribution < 1.29 is 14.3 Å². The third-order valence-electron chi connectivity index (χ3n) is 2.78. The van der Waals surface area contributed by atoms with Gasteiger partial charge in [0, 0.05) is 12.6 Å². The average molecular weight is 285 g/mol. The first-order valence-electron chi connectivity index (χ1n) is 6.17. The molecule has 0 bridgehead atoms. The molecule has 5 nitrogen and oxygen atoms in total. The van der Waals surface area contributed by atoms with E-state index in [1.807, 2.05) is 6.92 Å². The van der Waals surface area contributed by atoms with Gasteiger partial charge in [-0.1, -0.05) is 11.6 Å². The molecular formula is C13H17ClN2O3. The lowest BCUT2D eigenvalue weighted by molar-refractivity contribution is -0.120. The van der Waals surface area contributed by atoms with E-state index in [0.717, 1.165) is 5.56 Å². The molecule has 0 unspecified atom stereocenters. The van der Waals surface area contributed by atoms with Crippen LogP contribution in [-0.4, -0.2) is 31.7 Å². The van der Waals surface area contributed by atoms with Crippen molar-refractivity contribution in [3.63, 3.8) is 0 Å². The van der Waals surface area contributed by atoms with Gasteiger partial charge < -0.3 is 20.5 Å². The first kappa shape index (κ1) is 14.0. The number of halogens is 1. The van der Waals surface area contributed by atoms with Crippen LogP contribution >= 0.6 is 11.6 Å². The molecule has 0 aromatic heterocycles. The Hall–Kier alpha value is -1.46. The maximum atomic E-state index is 11.8. The highest BCUT2D eigenvalue weighted by Gasteiger charge is 2.17. The van der Waals surface area contributed by atoms with E-state index in [-0.39, 0.29) is 18.4 Å². The highest BCUT2D eigenvalue weighted by molar-refractivity contribution is 6.32. The van der Waals surface area contributed by atoms with Gasteiger partial charge in [0.1, 0.15) is 13.2 Å². The SMILES string of the molecule is C[C@@H](CN)NC(=O)Cc1cc(Cl)c2c(c1)OCCO2. The summed E-state index contributed by atoms with van der Waals surface area (Å²) in [4.78, 5) is 11.8. The fraction of sp³-hybridized carbons (Fsp3) is 0.462. The number of rotatable bonds is 4. The van der Waals surface area contributed by atoms with Crippen molar-refractivity contribution in [2.75, 3.05) is 19.8 Å². The van der Waals surface area contributed by atoms with Crippen LogP contribution in [0, 0.1) is 0 Å². The molecule has 0 radical (unpaired) electrons. The zero-order valence-corrected chi connectivity index (χ0v) is 11.5. The molecule has 19 heavy (non-hydrogen) atoms. The number of ether oxygens (including phenoxy) is 2. The number of carbonyl (C=O) groups is 1. The average Bonchev–Trinajstić information content (AvgIpc) is 2.38. The molecule has 0 fully saturated rings. The molecule has 1 amide bonds. The molecule has 2 rings (SSSR count). The maximum absolute atomic E-state index is 11.8. The minimum atomic E-state index is -0.0919. The molecular weight excluding hydrogens is 268 g/mol.